The predicted molar refractivity (Wildman–Crippen MR) is 138 cm³/mol. The zero-order valence-corrected chi connectivity index (χ0v) is 21.1. The quantitative estimate of drug-likeness (QED) is 0.366. The number of nitrogens with one attached hydrogen (secondary N) is 1. The van der Waals surface area contributed by atoms with Crippen molar-refractivity contribution in [3.8, 4) is 11.1 Å². The average Bonchev–Trinajstić information content (AvgIpc) is 2.72. The van der Waals surface area contributed by atoms with Gasteiger partial charge in [0.05, 0.1) is 5.02 Å². The van der Waals surface area contributed by atoms with Gasteiger partial charge in [-0.2, -0.15) is 0 Å². The topological polar surface area (TPSA) is 23.9 Å². The van der Waals surface area contributed by atoms with Gasteiger partial charge in [-0.3, -0.25) is 0 Å². The fraction of sp³-hybridized carbons (Fsp3) is 0.393. The van der Waals surface area contributed by atoms with Crippen LogP contribution in [0.1, 0.15) is 80.5 Å². The molecule has 2 aromatic carbocycles. The molecule has 0 radical (unpaired) electrons. The average molecular weight is 424 g/mol. The van der Waals surface area contributed by atoms with Gasteiger partial charge in [-0.05, 0) is 106 Å². The Bertz CT molecular complexity index is 989. The molecule has 30 heavy (non-hydrogen) atoms. The molecule has 0 aliphatic heterocycles. The van der Waals surface area contributed by atoms with Crippen LogP contribution in [0, 0.1) is 26.2 Å². The number of benzene rings is 2. The van der Waals surface area contributed by atoms with Gasteiger partial charge in [0, 0.05) is 16.8 Å². The van der Waals surface area contributed by atoms with Gasteiger partial charge in [0.2, 0.25) is 0 Å². The Hall–Kier alpha value is -2.12. The van der Waals surface area contributed by atoms with Crippen LogP contribution >= 0.6 is 11.6 Å². The molecule has 0 fully saturated rings. The molecule has 2 rings (SSSR count). The minimum absolute atomic E-state index is 0.596. The molecule has 0 aliphatic carbocycles. The van der Waals surface area contributed by atoms with Crippen molar-refractivity contribution in [2.45, 2.75) is 75.2 Å². The Balaban J connectivity index is 0.00000218. The number of hydrogen-bond acceptors (Lipinski definition) is 1. The lowest BCUT2D eigenvalue weighted by Crippen LogP contribution is -2.10. The molecule has 0 aliphatic rings. The van der Waals surface area contributed by atoms with Crippen LogP contribution < -0.4 is 0 Å². The van der Waals surface area contributed by atoms with Crippen LogP contribution in [0.25, 0.3) is 16.7 Å². The second-order valence-corrected chi connectivity index (χ2v) is 8.41. The molecule has 0 amide bonds. The Morgan fingerprint density at radius 3 is 1.83 bits per heavy atom. The van der Waals surface area contributed by atoms with Gasteiger partial charge in [-0.25, -0.2) is 0 Å². The molecule has 1 nitrogen and oxygen atoms in total. The maximum Gasteiger partial charge on any atom is 0.0523 e. The van der Waals surface area contributed by atoms with Crippen LogP contribution in [-0.2, 0) is 12.8 Å². The van der Waals surface area contributed by atoms with E-state index in [-0.39, 0.29) is 0 Å². The summed E-state index contributed by atoms with van der Waals surface area (Å²) in [7, 11) is 0. The summed E-state index contributed by atoms with van der Waals surface area (Å²) in [5, 5.41) is 9.12. The van der Waals surface area contributed by atoms with Gasteiger partial charge >= 0.3 is 0 Å². The summed E-state index contributed by atoms with van der Waals surface area (Å²) < 4.78 is 0. The standard InChI is InChI=1S/C26H34ClN.C2H4/c1-10-20-21(11-2)25(26(27)18(8)24(20)19(9)28)22-13-12-15(5)17(7)23(22)16(6)14(3)4;1-2/h12-13,28H,10-11H2,1-9H3;1-2H2. The first-order chi connectivity index (χ1) is 14.1. The summed E-state index contributed by atoms with van der Waals surface area (Å²) in [6.07, 6.45) is 1.81. The van der Waals surface area contributed by atoms with E-state index in [1.807, 2.05) is 6.92 Å². The van der Waals surface area contributed by atoms with Gasteiger partial charge in [0.25, 0.3) is 0 Å². The third-order valence-corrected chi connectivity index (χ3v) is 6.58. The third-order valence-electron chi connectivity index (χ3n) is 6.10. The fourth-order valence-electron chi connectivity index (χ4n) is 4.28. The Labute approximate surface area is 189 Å². The summed E-state index contributed by atoms with van der Waals surface area (Å²) >= 11 is 7.03. The zero-order valence-electron chi connectivity index (χ0n) is 20.4. The van der Waals surface area contributed by atoms with Crippen molar-refractivity contribution in [3.05, 3.63) is 74.8 Å². The highest BCUT2D eigenvalue weighted by Gasteiger charge is 2.24. The first-order valence-corrected chi connectivity index (χ1v) is 11.1. The number of halogens is 1. The molecule has 0 unspecified atom stereocenters. The van der Waals surface area contributed by atoms with E-state index in [9.17, 15) is 0 Å². The molecule has 0 bridgehead atoms. The van der Waals surface area contributed by atoms with Gasteiger partial charge in [0.1, 0.15) is 0 Å². The smallest absolute Gasteiger partial charge is 0.0523 e. The van der Waals surface area contributed by atoms with Gasteiger partial charge in [0.15, 0.2) is 0 Å². The van der Waals surface area contributed by atoms with E-state index in [2.05, 4.69) is 80.7 Å². The summed E-state index contributed by atoms with van der Waals surface area (Å²) in [6, 6.07) is 4.44. The minimum atomic E-state index is 0.596. The van der Waals surface area contributed by atoms with Crippen molar-refractivity contribution in [1.29, 1.82) is 5.41 Å². The molecule has 0 spiro atoms. The van der Waals surface area contributed by atoms with E-state index >= 15 is 0 Å². The lowest BCUT2D eigenvalue weighted by Gasteiger charge is -2.25. The highest BCUT2D eigenvalue weighted by Crippen LogP contribution is 2.43. The molecule has 0 aromatic heterocycles. The predicted octanol–water partition coefficient (Wildman–Crippen LogP) is 9.06. The number of rotatable bonds is 5. The van der Waals surface area contributed by atoms with E-state index in [4.69, 9.17) is 17.0 Å². The van der Waals surface area contributed by atoms with Crippen molar-refractivity contribution >= 4 is 22.9 Å². The number of allylic oxidation sites excluding steroid dienone is 2. The minimum Gasteiger partial charge on any atom is -0.305 e. The number of aryl methyl sites for hydroxylation is 1. The third kappa shape index (κ3) is 4.62. The van der Waals surface area contributed by atoms with Crippen molar-refractivity contribution < 1.29 is 0 Å². The van der Waals surface area contributed by atoms with Crippen LogP contribution in [-0.4, -0.2) is 5.71 Å². The van der Waals surface area contributed by atoms with E-state index in [0.29, 0.717) is 5.71 Å². The summed E-state index contributed by atoms with van der Waals surface area (Å²) in [6.45, 7) is 25.3. The highest BCUT2D eigenvalue weighted by atomic mass is 35.5. The van der Waals surface area contributed by atoms with Crippen LogP contribution in [0.3, 0.4) is 0 Å². The van der Waals surface area contributed by atoms with E-state index in [1.165, 1.54) is 44.5 Å². The second-order valence-electron chi connectivity index (χ2n) is 8.03. The maximum absolute atomic E-state index is 8.33. The molecule has 2 aromatic rings. The van der Waals surface area contributed by atoms with E-state index < -0.39 is 0 Å². The Morgan fingerprint density at radius 1 is 0.867 bits per heavy atom. The van der Waals surface area contributed by atoms with Crippen LogP contribution in [0.5, 0.6) is 0 Å². The first-order valence-electron chi connectivity index (χ1n) is 10.7. The summed E-state index contributed by atoms with van der Waals surface area (Å²) in [5.41, 5.74) is 14.1. The Kier molecular flexibility index (Phi) is 9.31. The molecule has 0 atom stereocenters. The molecule has 2 heteroatoms. The summed E-state index contributed by atoms with van der Waals surface area (Å²) in [4.78, 5) is 0. The SMILES string of the molecule is C=C.CCc1c(CC)c(-c2ccc(C)c(C)c2C(C)=C(C)C)c(Cl)c(C)c1C(C)=N. The fourth-order valence-corrected chi connectivity index (χ4v) is 4.59. The van der Waals surface area contributed by atoms with Crippen LogP contribution in [0.4, 0.5) is 0 Å². The van der Waals surface area contributed by atoms with Gasteiger partial charge in [-0.15, -0.1) is 13.2 Å². The zero-order chi connectivity index (χ0) is 23.3. The van der Waals surface area contributed by atoms with Crippen molar-refractivity contribution in [1.82, 2.24) is 0 Å². The summed E-state index contributed by atoms with van der Waals surface area (Å²) in [5.74, 6) is 0. The van der Waals surface area contributed by atoms with Gasteiger partial charge in [-0.1, -0.05) is 43.2 Å². The Morgan fingerprint density at radius 2 is 1.40 bits per heavy atom. The second kappa shape index (κ2) is 10.8. The highest BCUT2D eigenvalue weighted by molar-refractivity contribution is 6.35. The van der Waals surface area contributed by atoms with Crippen molar-refractivity contribution in [2.75, 3.05) is 0 Å². The number of hydrogen-bond donors (Lipinski definition) is 1. The maximum atomic E-state index is 8.33. The molecule has 162 valence electrons. The molecular formula is C28H38ClN. The van der Waals surface area contributed by atoms with Crippen LogP contribution in [0.15, 0.2) is 30.9 Å². The molecule has 0 saturated carbocycles. The molecular weight excluding hydrogens is 386 g/mol. The van der Waals surface area contributed by atoms with E-state index in [0.717, 1.165) is 34.6 Å². The lowest BCUT2D eigenvalue weighted by molar-refractivity contribution is 1.03. The van der Waals surface area contributed by atoms with Crippen LogP contribution in [0.2, 0.25) is 5.02 Å². The van der Waals surface area contributed by atoms with E-state index in [1.54, 1.807) is 0 Å². The molecule has 1 N–H and O–H groups in total. The van der Waals surface area contributed by atoms with Crippen molar-refractivity contribution in [2.24, 2.45) is 0 Å². The van der Waals surface area contributed by atoms with Gasteiger partial charge < -0.3 is 5.41 Å². The molecule has 0 heterocycles. The normalized spacial score (nSPS) is 10.3. The largest absolute Gasteiger partial charge is 0.305 e. The molecule has 0 saturated heterocycles. The van der Waals surface area contributed by atoms with Crippen molar-refractivity contribution in [3.63, 3.8) is 0 Å². The first kappa shape index (κ1) is 25.9. The monoisotopic (exact) mass is 423 g/mol. The lowest BCUT2D eigenvalue weighted by atomic mass is 9.81.